The van der Waals surface area contributed by atoms with E-state index in [-0.39, 0.29) is 57.2 Å². The Morgan fingerprint density at radius 1 is 0.741 bits per heavy atom. The van der Waals surface area contributed by atoms with Crippen molar-refractivity contribution in [3.8, 4) is 0 Å². The highest BCUT2D eigenvalue weighted by Gasteiger charge is 2.80. The van der Waals surface area contributed by atoms with Crippen LogP contribution in [0.15, 0.2) is 0 Å². The summed E-state index contributed by atoms with van der Waals surface area (Å²) in [5.74, 6) is 0.789. The highest BCUT2D eigenvalue weighted by Crippen LogP contribution is 2.80. The SMILES string of the molecule is CC1(C)[C@@H](O[C@@H]2OC[C@H](O)[C@H](O)[C@H]2O[C@@H]2O[C@H](CO)[C@@H](O)[C@H](O)[C@H]2O)CC[C@]2(C)[C@H]3CC[C@]45OC[C@@]6(CC[C@](C)(C=O)C[C@H]64)[C@H](O)C[C@@]5(C)[C@]3(C)CC[C@@H]12. The summed E-state index contributed by atoms with van der Waals surface area (Å²) in [5, 5.41) is 74.9. The Hall–Kier alpha value is -0.810. The maximum Gasteiger partial charge on any atom is 0.187 e. The summed E-state index contributed by atoms with van der Waals surface area (Å²) in [5.41, 5.74) is -1.82. The quantitative estimate of drug-likeness (QED) is 0.153. The van der Waals surface area contributed by atoms with Crippen LogP contribution in [0.2, 0.25) is 0 Å². The fourth-order valence-electron chi connectivity index (χ4n) is 14.7. The molecule has 13 heteroatoms. The zero-order valence-electron chi connectivity index (χ0n) is 32.9. The van der Waals surface area contributed by atoms with Gasteiger partial charge in [0.05, 0.1) is 37.6 Å². The third-order valence-corrected chi connectivity index (χ3v) is 18.1. The Kier molecular flexibility index (Phi) is 9.70. The van der Waals surface area contributed by atoms with Gasteiger partial charge in [-0.05, 0) is 98.2 Å². The molecule has 0 aromatic carbocycles. The van der Waals surface area contributed by atoms with E-state index < -0.39 is 73.4 Å². The molecule has 0 unspecified atom stereocenters. The molecular formula is C41H66O13. The minimum absolute atomic E-state index is 0.0433. The summed E-state index contributed by atoms with van der Waals surface area (Å²) in [6.07, 6.45) is -3.93. The lowest BCUT2D eigenvalue weighted by Gasteiger charge is -2.75. The van der Waals surface area contributed by atoms with Gasteiger partial charge in [-0.15, -0.1) is 0 Å². The Bertz CT molecular complexity index is 1440. The van der Waals surface area contributed by atoms with Gasteiger partial charge in [-0.3, -0.25) is 0 Å². The summed E-state index contributed by atoms with van der Waals surface area (Å²) >= 11 is 0. The summed E-state index contributed by atoms with van der Waals surface area (Å²) < 4.78 is 31.4. The summed E-state index contributed by atoms with van der Waals surface area (Å²) in [6, 6.07) is 0. The molecule has 0 radical (unpaired) electrons. The lowest BCUT2D eigenvalue weighted by atomic mass is 9.30. The van der Waals surface area contributed by atoms with Crippen LogP contribution in [0.5, 0.6) is 0 Å². The molecule has 5 aliphatic carbocycles. The number of aliphatic hydroxyl groups is 7. The molecule has 3 heterocycles. The first kappa shape index (κ1) is 40.0. The van der Waals surface area contributed by atoms with Crippen LogP contribution in [-0.4, -0.2) is 135 Å². The molecule has 0 aromatic rings. The van der Waals surface area contributed by atoms with E-state index in [0.29, 0.717) is 25.4 Å². The summed E-state index contributed by atoms with van der Waals surface area (Å²) in [6.45, 7) is 13.7. The van der Waals surface area contributed by atoms with Gasteiger partial charge in [-0.2, -0.15) is 0 Å². The Labute approximate surface area is 319 Å². The Balaban J connectivity index is 1.04. The van der Waals surface area contributed by atoms with E-state index >= 15 is 0 Å². The fraction of sp³-hybridized carbons (Fsp3) is 0.976. The van der Waals surface area contributed by atoms with Gasteiger partial charge in [0.25, 0.3) is 0 Å². The van der Waals surface area contributed by atoms with Crippen LogP contribution in [0.3, 0.4) is 0 Å². The lowest BCUT2D eigenvalue weighted by Crippen LogP contribution is -2.74. The van der Waals surface area contributed by atoms with Crippen LogP contribution in [0.1, 0.15) is 106 Å². The number of hydrogen-bond acceptors (Lipinski definition) is 13. The van der Waals surface area contributed by atoms with Crippen molar-refractivity contribution < 1.29 is 64.2 Å². The number of carbonyl (C=O) groups excluding carboxylic acids is 1. The van der Waals surface area contributed by atoms with Crippen LogP contribution in [0, 0.1) is 50.2 Å². The molecule has 20 atom stereocenters. The summed E-state index contributed by atoms with van der Waals surface area (Å²) in [4.78, 5) is 12.4. The second kappa shape index (κ2) is 13.1. The molecule has 8 rings (SSSR count). The van der Waals surface area contributed by atoms with Gasteiger partial charge in [0, 0.05) is 16.2 Å². The van der Waals surface area contributed by atoms with Gasteiger partial charge in [0.2, 0.25) is 0 Å². The van der Waals surface area contributed by atoms with Gasteiger partial charge in [-0.1, -0.05) is 41.5 Å². The van der Waals surface area contributed by atoms with Crippen LogP contribution >= 0.6 is 0 Å². The second-order valence-corrected chi connectivity index (χ2v) is 20.6. The number of carbonyl (C=O) groups is 1. The molecule has 7 N–H and O–H groups in total. The second-order valence-electron chi connectivity index (χ2n) is 20.6. The maximum absolute atomic E-state index is 12.4. The molecule has 2 bridgehead atoms. The van der Waals surface area contributed by atoms with Crippen molar-refractivity contribution >= 4 is 6.29 Å². The molecule has 308 valence electrons. The molecule has 3 saturated heterocycles. The standard InChI is InChI=1S/C41H66O13/c1-35(2)23-7-11-38(5)24(8-12-41-25-15-36(3,19-43)13-14-40(25,20-51-41)26(45)16-39(38,41)6)37(23,4)10-9-27(35)53-34-32(28(46)21(44)18-50-34)54-33-31(49)30(48)29(47)22(17-42)52-33/h19,21-34,42,44-49H,7-18,20H2,1-6H3/t21-,22+,23-,24+,25+,26+,27-,28-,29+,30-,31+,32+,33-,34-,36-,37-,38+,39-,40+,41-/m0/s1. The van der Waals surface area contributed by atoms with Gasteiger partial charge >= 0.3 is 0 Å². The van der Waals surface area contributed by atoms with Crippen molar-refractivity contribution in [2.75, 3.05) is 19.8 Å². The van der Waals surface area contributed by atoms with Gasteiger partial charge in [-0.25, -0.2) is 0 Å². The number of rotatable bonds is 6. The van der Waals surface area contributed by atoms with Crippen molar-refractivity contribution in [1.82, 2.24) is 0 Å². The fourth-order valence-corrected chi connectivity index (χ4v) is 14.7. The van der Waals surface area contributed by atoms with Crippen molar-refractivity contribution in [2.45, 2.75) is 179 Å². The van der Waals surface area contributed by atoms with Crippen LogP contribution < -0.4 is 0 Å². The van der Waals surface area contributed by atoms with E-state index in [1.54, 1.807) is 0 Å². The molecular weight excluding hydrogens is 700 g/mol. The monoisotopic (exact) mass is 766 g/mol. The molecule has 54 heavy (non-hydrogen) atoms. The lowest BCUT2D eigenvalue weighted by molar-refractivity contribution is -0.368. The van der Waals surface area contributed by atoms with Crippen molar-refractivity contribution in [2.24, 2.45) is 50.2 Å². The minimum Gasteiger partial charge on any atom is -0.394 e. The Morgan fingerprint density at radius 2 is 1.46 bits per heavy atom. The zero-order valence-corrected chi connectivity index (χ0v) is 32.9. The van der Waals surface area contributed by atoms with E-state index in [1.165, 1.54) is 0 Å². The largest absolute Gasteiger partial charge is 0.394 e. The first-order chi connectivity index (χ1) is 25.3. The van der Waals surface area contributed by atoms with Gasteiger partial charge in [0.1, 0.15) is 49.0 Å². The topological polar surface area (TPSA) is 205 Å². The molecule has 3 aliphatic heterocycles. The molecule has 1 spiro atoms. The highest BCUT2D eigenvalue weighted by molar-refractivity contribution is 5.59. The van der Waals surface area contributed by atoms with Crippen LogP contribution in [-0.2, 0) is 28.5 Å². The number of ether oxygens (including phenoxy) is 5. The molecule has 8 aliphatic rings. The van der Waals surface area contributed by atoms with Crippen molar-refractivity contribution in [3.63, 3.8) is 0 Å². The normalized spacial score (nSPS) is 59.4. The van der Waals surface area contributed by atoms with Crippen molar-refractivity contribution in [1.29, 1.82) is 0 Å². The number of hydrogen-bond donors (Lipinski definition) is 7. The molecule has 0 amide bonds. The zero-order chi connectivity index (χ0) is 39.0. The first-order valence-electron chi connectivity index (χ1n) is 20.7. The third kappa shape index (κ3) is 5.22. The van der Waals surface area contributed by atoms with E-state index in [4.69, 9.17) is 23.7 Å². The minimum atomic E-state index is -1.70. The molecule has 5 saturated carbocycles. The van der Waals surface area contributed by atoms with Gasteiger partial charge in [0.15, 0.2) is 12.6 Å². The number of aliphatic hydroxyl groups excluding tert-OH is 7. The van der Waals surface area contributed by atoms with Crippen molar-refractivity contribution in [3.05, 3.63) is 0 Å². The number of fused-ring (bicyclic) bond motifs is 4. The maximum atomic E-state index is 12.4. The Morgan fingerprint density at radius 3 is 2.17 bits per heavy atom. The number of aldehydes is 1. The average molecular weight is 767 g/mol. The smallest absolute Gasteiger partial charge is 0.187 e. The van der Waals surface area contributed by atoms with Gasteiger partial charge < -0.3 is 64.2 Å². The first-order valence-corrected chi connectivity index (χ1v) is 20.7. The van der Waals surface area contributed by atoms with E-state index in [1.807, 2.05) is 0 Å². The predicted molar refractivity (Wildman–Crippen MR) is 191 cm³/mol. The molecule has 0 aromatic heterocycles. The molecule has 13 nitrogen and oxygen atoms in total. The average Bonchev–Trinajstić information content (AvgIpc) is 3.41. The molecule has 8 fully saturated rings. The predicted octanol–water partition coefficient (Wildman–Crippen LogP) is 1.82. The van der Waals surface area contributed by atoms with Crippen LogP contribution in [0.4, 0.5) is 0 Å². The third-order valence-electron chi connectivity index (χ3n) is 18.1. The summed E-state index contributed by atoms with van der Waals surface area (Å²) in [7, 11) is 0. The van der Waals surface area contributed by atoms with E-state index in [9.17, 15) is 40.5 Å². The van der Waals surface area contributed by atoms with E-state index in [2.05, 4.69) is 41.5 Å². The van der Waals surface area contributed by atoms with E-state index in [0.717, 1.165) is 57.7 Å². The highest BCUT2D eigenvalue weighted by atomic mass is 16.8. The van der Waals surface area contributed by atoms with Crippen LogP contribution in [0.25, 0.3) is 0 Å².